The number of hydrogen-bond donors (Lipinski definition) is 0. The normalized spacial score (nSPS) is 12.1. The lowest BCUT2D eigenvalue weighted by molar-refractivity contribution is -0.148. The Morgan fingerprint density at radius 1 is 1.13 bits per heavy atom. The molecule has 0 N–H and O–H groups in total. The van der Waals surface area contributed by atoms with Crippen molar-refractivity contribution in [1.29, 1.82) is 0 Å². The van der Waals surface area contributed by atoms with Crippen LogP contribution in [0.5, 0.6) is 0 Å². The third-order valence-corrected chi connectivity index (χ3v) is 6.21. The van der Waals surface area contributed by atoms with Crippen molar-refractivity contribution in [3.63, 3.8) is 0 Å². The maximum atomic E-state index is 13.3. The van der Waals surface area contributed by atoms with Crippen LogP contribution in [0.1, 0.15) is 29.7 Å². The van der Waals surface area contributed by atoms with Gasteiger partial charge < -0.3 is 4.74 Å². The lowest BCUT2D eigenvalue weighted by Gasteiger charge is -2.14. The van der Waals surface area contributed by atoms with E-state index in [1.54, 1.807) is 6.92 Å². The molecule has 0 fully saturated rings. The second kappa shape index (κ2) is 8.24. The van der Waals surface area contributed by atoms with Crippen LogP contribution in [0.2, 0.25) is 0 Å². The first-order chi connectivity index (χ1) is 14.5. The van der Waals surface area contributed by atoms with Gasteiger partial charge in [0, 0.05) is 10.9 Å². The molecule has 0 aliphatic carbocycles. The molecule has 6 heteroatoms. The summed E-state index contributed by atoms with van der Waals surface area (Å²) in [6.07, 6.45) is 1.43. The Morgan fingerprint density at radius 2 is 1.90 bits per heavy atom. The van der Waals surface area contributed by atoms with Crippen LogP contribution in [-0.2, 0) is 16.1 Å². The number of nitrogens with zero attached hydrogens (tertiary/aromatic N) is 2. The second-order valence-corrected chi connectivity index (χ2v) is 8.21. The molecule has 0 spiro atoms. The van der Waals surface area contributed by atoms with Crippen molar-refractivity contribution in [2.75, 3.05) is 0 Å². The molecule has 2 aromatic heterocycles. The molecule has 2 heterocycles. The summed E-state index contributed by atoms with van der Waals surface area (Å²) in [5, 5.41) is 2.49. The van der Waals surface area contributed by atoms with E-state index >= 15 is 0 Å². The monoisotopic (exact) mass is 418 g/mol. The van der Waals surface area contributed by atoms with E-state index < -0.39 is 12.0 Å². The van der Waals surface area contributed by atoms with Gasteiger partial charge in [-0.3, -0.25) is 9.36 Å². The Hall–Kier alpha value is -3.25. The van der Waals surface area contributed by atoms with Crippen molar-refractivity contribution in [3.05, 3.63) is 87.3 Å². The van der Waals surface area contributed by atoms with Gasteiger partial charge in [-0.2, -0.15) is 0 Å². The Kier molecular flexibility index (Phi) is 5.50. The fourth-order valence-electron chi connectivity index (χ4n) is 3.31. The van der Waals surface area contributed by atoms with E-state index in [1.807, 2.05) is 47.8 Å². The molecule has 4 aromatic rings. The Balaban J connectivity index is 1.66. The molecule has 1 atom stereocenters. The quantitative estimate of drug-likeness (QED) is 0.426. The van der Waals surface area contributed by atoms with Crippen molar-refractivity contribution < 1.29 is 9.53 Å². The number of thiophene rings is 1. The molecular formula is C24H22N2O3S. The number of fused-ring (bicyclic) bond motifs is 1. The number of ether oxygens (including phenoxy) is 1. The Morgan fingerprint density at radius 3 is 2.63 bits per heavy atom. The highest BCUT2D eigenvalue weighted by atomic mass is 32.1. The third kappa shape index (κ3) is 3.78. The van der Waals surface area contributed by atoms with Crippen molar-refractivity contribution in [2.24, 2.45) is 0 Å². The van der Waals surface area contributed by atoms with Crippen LogP contribution in [0.15, 0.2) is 65.0 Å². The maximum absolute atomic E-state index is 13.3. The molecule has 4 rings (SSSR count). The number of aryl methyl sites for hydroxylation is 2. The Labute approximate surface area is 178 Å². The summed E-state index contributed by atoms with van der Waals surface area (Å²) in [5.74, 6) is -0.468. The Bertz CT molecular complexity index is 1270. The van der Waals surface area contributed by atoms with Crippen LogP contribution in [0.3, 0.4) is 0 Å². The molecule has 5 nitrogen and oxygen atoms in total. The molecule has 0 aliphatic heterocycles. The van der Waals surface area contributed by atoms with Gasteiger partial charge in [0.05, 0.1) is 11.7 Å². The molecular weight excluding hydrogens is 396 g/mol. The zero-order valence-electron chi connectivity index (χ0n) is 17.1. The van der Waals surface area contributed by atoms with Crippen LogP contribution in [0.25, 0.3) is 21.3 Å². The van der Waals surface area contributed by atoms with Crippen molar-refractivity contribution in [3.8, 4) is 11.1 Å². The summed E-state index contributed by atoms with van der Waals surface area (Å²) in [6.45, 7) is 5.93. The first kappa shape index (κ1) is 20.0. The van der Waals surface area contributed by atoms with Gasteiger partial charge in [-0.05, 0) is 43.0 Å². The zero-order chi connectivity index (χ0) is 21.3. The van der Waals surface area contributed by atoms with Crippen LogP contribution >= 0.6 is 11.3 Å². The topological polar surface area (TPSA) is 61.2 Å². The molecule has 0 saturated heterocycles. The van der Waals surface area contributed by atoms with Gasteiger partial charge in [-0.25, -0.2) is 9.78 Å². The first-order valence-electron chi connectivity index (χ1n) is 9.72. The van der Waals surface area contributed by atoms with Gasteiger partial charge in [-0.15, -0.1) is 11.3 Å². The summed E-state index contributed by atoms with van der Waals surface area (Å²) < 4.78 is 6.77. The molecule has 1 unspecified atom stereocenters. The van der Waals surface area contributed by atoms with E-state index in [9.17, 15) is 9.59 Å². The summed E-state index contributed by atoms with van der Waals surface area (Å²) >= 11 is 1.43. The average molecular weight is 419 g/mol. The van der Waals surface area contributed by atoms with E-state index in [0.717, 1.165) is 22.3 Å². The highest BCUT2D eigenvalue weighted by Gasteiger charge is 2.21. The van der Waals surface area contributed by atoms with Gasteiger partial charge in [0.2, 0.25) is 0 Å². The van der Waals surface area contributed by atoms with Crippen LogP contribution in [0.4, 0.5) is 0 Å². The van der Waals surface area contributed by atoms with Gasteiger partial charge in [0.15, 0.2) is 0 Å². The summed E-state index contributed by atoms with van der Waals surface area (Å²) in [6, 6.07) is 14.8. The number of rotatable bonds is 5. The number of esters is 1. The minimum Gasteiger partial charge on any atom is -0.459 e. The number of carbonyl (C=O) groups is 1. The predicted octanol–water partition coefficient (Wildman–Crippen LogP) is 5.05. The molecule has 30 heavy (non-hydrogen) atoms. The van der Waals surface area contributed by atoms with Gasteiger partial charge in [0.25, 0.3) is 5.56 Å². The lowest BCUT2D eigenvalue weighted by atomic mass is 10.0. The third-order valence-electron chi connectivity index (χ3n) is 5.32. The van der Waals surface area contributed by atoms with Gasteiger partial charge in [-0.1, -0.05) is 48.5 Å². The molecule has 0 radical (unpaired) electrons. The van der Waals surface area contributed by atoms with Crippen molar-refractivity contribution in [2.45, 2.75) is 33.4 Å². The molecule has 0 amide bonds. The summed E-state index contributed by atoms with van der Waals surface area (Å²) in [5.41, 5.74) is 4.83. The number of hydrogen-bond acceptors (Lipinski definition) is 5. The average Bonchev–Trinajstić information content (AvgIpc) is 3.19. The minimum atomic E-state index is -0.773. The molecule has 0 aliphatic rings. The van der Waals surface area contributed by atoms with Gasteiger partial charge in [0.1, 0.15) is 17.5 Å². The first-order valence-corrected chi connectivity index (χ1v) is 10.6. The van der Waals surface area contributed by atoms with Crippen molar-refractivity contribution in [1.82, 2.24) is 9.55 Å². The number of benzene rings is 2. The summed E-state index contributed by atoms with van der Waals surface area (Å²) in [7, 11) is 0. The van der Waals surface area contributed by atoms with Crippen LogP contribution in [-0.4, -0.2) is 15.5 Å². The minimum absolute atomic E-state index is 0.167. The molecule has 0 saturated carbocycles. The number of carbonyl (C=O) groups excluding carboxylic acids is 1. The lowest BCUT2D eigenvalue weighted by Crippen LogP contribution is -2.29. The highest BCUT2D eigenvalue weighted by molar-refractivity contribution is 7.17. The highest BCUT2D eigenvalue weighted by Crippen LogP contribution is 2.32. The van der Waals surface area contributed by atoms with E-state index in [1.165, 1.54) is 27.8 Å². The zero-order valence-corrected chi connectivity index (χ0v) is 17.9. The standard InChI is InChI=1S/C24H22N2O3S/c1-15-9-10-19(11-16(15)2)20-13-30-22-21(20)23(27)26(14-25-22)17(3)24(28)29-12-18-7-5-4-6-8-18/h4-11,13-14,17H,12H2,1-3H3. The SMILES string of the molecule is Cc1ccc(-c2csc3ncn(C(C)C(=O)OCc4ccccc4)c(=O)c23)cc1C. The summed E-state index contributed by atoms with van der Waals surface area (Å²) in [4.78, 5) is 30.9. The fraction of sp³-hybridized carbons (Fsp3) is 0.208. The van der Waals surface area contributed by atoms with E-state index in [2.05, 4.69) is 24.9 Å². The predicted molar refractivity (Wildman–Crippen MR) is 120 cm³/mol. The molecule has 152 valence electrons. The van der Waals surface area contributed by atoms with Crippen LogP contribution in [0, 0.1) is 13.8 Å². The van der Waals surface area contributed by atoms with Crippen LogP contribution < -0.4 is 5.56 Å². The smallest absolute Gasteiger partial charge is 0.329 e. The second-order valence-electron chi connectivity index (χ2n) is 7.35. The van der Waals surface area contributed by atoms with E-state index in [0.29, 0.717) is 10.2 Å². The molecule has 2 aromatic carbocycles. The van der Waals surface area contributed by atoms with E-state index in [4.69, 9.17) is 4.74 Å². The number of aromatic nitrogens is 2. The largest absolute Gasteiger partial charge is 0.459 e. The van der Waals surface area contributed by atoms with Crippen molar-refractivity contribution >= 4 is 27.5 Å². The maximum Gasteiger partial charge on any atom is 0.329 e. The van der Waals surface area contributed by atoms with Gasteiger partial charge >= 0.3 is 5.97 Å². The fourth-order valence-corrected chi connectivity index (χ4v) is 4.21. The molecule has 0 bridgehead atoms. The van der Waals surface area contributed by atoms with E-state index in [-0.39, 0.29) is 12.2 Å².